The summed E-state index contributed by atoms with van der Waals surface area (Å²) in [6.45, 7) is 1.71. The lowest BCUT2D eigenvalue weighted by Crippen LogP contribution is -2.14. The maximum absolute atomic E-state index is 12.7. The largest absolute Gasteiger partial charge is 0.360 e. The van der Waals surface area contributed by atoms with Gasteiger partial charge in [-0.1, -0.05) is 35.5 Å². The molecule has 24 heavy (non-hydrogen) atoms. The standard InChI is InChI=1S/C17H13N5O2/c1-11-14(15(21-24-11)12-5-3-2-4-6-12)16(23)19-13-7-9-22-10-8-18-17(22)20-13/h2-10H,1H3,(H,18,19,20,23). The summed E-state index contributed by atoms with van der Waals surface area (Å²) in [5.74, 6) is 1.06. The SMILES string of the molecule is Cc1onc(-c2ccccc2)c1C(=O)Nc1ccn2ccnc2n1. The molecule has 3 heterocycles. The Kier molecular flexibility index (Phi) is 3.31. The Morgan fingerprint density at radius 2 is 2.00 bits per heavy atom. The van der Waals surface area contributed by atoms with E-state index in [2.05, 4.69) is 20.4 Å². The van der Waals surface area contributed by atoms with E-state index in [4.69, 9.17) is 4.52 Å². The molecule has 0 saturated carbocycles. The molecule has 1 N–H and O–H groups in total. The monoisotopic (exact) mass is 319 g/mol. The highest BCUT2D eigenvalue weighted by Gasteiger charge is 2.22. The van der Waals surface area contributed by atoms with Crippen molar-refractivity contribution in [3.63, 3.8) is 0 Å². The fraction of sp³-hybridized carbons (Fsp3) is 0.0588. The zero-order valence-corrected chi connectivity index (χ0v) is 12.8. The second-order valence-electron chi connectivity index (χ2n) is 5.23. The van der Waals surface area contributed by atoms with Crippen LogP contribution in [0.5, 0.6) is 0 Å². The number of hydrogen-bond donors (Lipinski definition) is 1. The minimum Gasteiger partial charge on any atom is -0.360 e. The van der Waals surface area contributed by atoms with Gasteiger partial charge in [0.1, 0.15) is 22.8 Å². The van der Waals surface area contributed by atoms with E-state index in [1.54, 1.807) is 36.0 Å². The number of fused-ring (bicyclic) bond motifs is 1. The second kappa shape index (κ2) is 5.62. The molecule has 0 radical (unpaired) electrons. The van der Waals surface area contributed by atoms with E-state index in [-0.39, 0.29) is 5.91 Å². The van der Waals surface area contributed by atoms with E-state index >= 15 is 0 Å². The van der Waals surface area contributed by atoms with Crippen LogP contribution < -0.4 is 5.32 Å². The fourth-order valence-corrected chi connectivity index (χ4v) is 2.49. The van der Waals surface area contributed by atoms with Gasteiger partial charge in [0, 0.05) is 24.2 Å². The number of nitrogens with zero attached hydrogens (tertiary/aromatic N) is 4. The number of benzene rings is 1. The number of anilines is 1. The molecule has 0 saturated heterocycles. The molecule has 0 fully saturated rings. The Bertz CT molecular complexity index is 1020. The molecule has 118 valence electrons. The van der Waals surface area contributed by atoms with Crippen molar-refractivity contribution in [2.75, 3.05) is 5.32 Å². The maximum Gasteiger partial charge on any atom is 0.262 e. The summed E-state index contributed by atoms with van der Waals surface area (Å²) >= 11 is 0. The highest BCUT2D eigenvalue weighted by molar-refractivity contribution is 6.08. The Labute approximate surface area is 137 Å². The number of aryl methyl sites for hydroxylation is 1. The van der Waals surface area contributed by atoms with Gasteiger partial charge in [-0.25, -0.2) is 4.98 Å². The van der Waals surface area contributed by atoms with Crippen molar-refractivity contribution in [2.45, 2.75) is 6.92 Å². The van der Waals surface area contributed by atoms with Crippen molar-refractivity contribution in [1.29, 1.82) is 0 Å². The Hall–Kier alpha value is -3.48. The third-order valence-corrected chi connectivity index (χ3v) is 3.64. The summed E-state index contributed by atoms with van der Waals surface area (Å²) in [4.78, 5) is 21.1. The quantitative estimate of drug-likeness (QED) is 0.627. The summed E-state index contributed by atoms with van der Waals surface area (Å²) in [6.07, 6.45) is 5.21. The van der Waals surface area contributed by atoms with Crippen molar-refractivity contribution in [1.82, 2.24) is 19.5 Å². The fourth-order valence-electron chi connectivity index (χ4n) is 2.49. The molecule has 0 aliphatic heterocycles. The lowest BCUT2D eigenvalue weighted by Gasteiger charge is -2.05. The number of imidazole rings is 1. The van der Waals surface area contributed by atoms with Crippen molar-refractivity contribution < 1.29 is 9.32 Å². The molecule has 4 rings (SSSR count). The molecule has 1 aromatic carbocycles. The van der Waals surface area contributed by atoms with Crippen LogP contribution >= 0.6 is 0 Å². The lowest BCUT2D eigenvalue weighted by molar-refractivity contribution is 0.102. The van der Waals surface area contributed by atoms with Crippen LogP contribution in [-0.2, 0) is 0 Å². The van der Waals surface area contributed by atoms with Gasteiger partial charge in [0.25, 0.3) is 5.91 Å². The average Bonchev–Trinajstić information content (AvgIpc) is 3.21. The summed E-state index contributed by atoms with van der Waals surface area (Å²) in [5.41, 5.74) is 1.72. The van der Waals surface area contributed by atoms with Crippen molar-refractivity contribution in [2.24, 2.45) is 0 Å². The molecular formula is C17H13N5O2. The van der Waals surface area contributed by atoms with E-state index in [1.165, 1.54) is 0 Å². The first-order valence-electron chi connectivity index (χ1n) is 7.35. The molecule has 3 aromatic heterocycles. The van der Waals surface area contributed by atoms with Crippen LogP contribution in [0.3, 0.4) is 0 Å². The first-order valence-corrected chi connectivity index (χ1v) is 7.35. The van der Waals surface area contributed by atoms with Crippen LogP contribution in [0.1, 0.15) is 16.1 Å². The number of amides is 1. The van der Waals surface area contributed by atoms with E-state index < -0.39 is 0 Å². The molecule has 0 spiro atoms. The van der Waals surface area contributed by atoms with Crippen LogP contribution in [0.4, 0.5) is 5.82 Å². The van der Waals surface area contributed by atoms with Gasteiger partial charge in [0.15, 0.2) is 0 Å². The third-order valence-electron chi connectivity index (χ3n) is 3.64. The van der Waals surface area contributed by atoms with Gasteiger partial charge in [0.05, 0.1) is 0 Å². The number of carbonyl (C=O) groups is 1. The molecule has 0 bridgehead atoms. The number of aromatic nitrogens is 4. The molecule has 0 aliphatic rings. The van der Waals surface area contributed by atoms with Crippen molar-refractivity contribution >= 4 is 17.5 Å². The Morgan fingerprint density at radius 3 is 2.83 bits per heavy atom. The highest BCUT2D eigenvalue weighted by atomic mass is 16.5. The van der Waals surface area contributed by atoms with Gasteiger partial charge in [0.2, 0.25) is 5.78 Å². The normalized spacial score (nSPS) is 10.9. The predicted molar refractivity (Wildman–Crippen MR) is 87.6 cm³/mol. The number of rotatable bonds is 3. The topological polar surface area (TPSA) is 85.3 Å². The Balaban J connectivity index is 1.68. The zero-order chi connectivity index (χ0) is 16.5. The van der Waals surface area contributed by atoms with E-state index in [0.717, 1.165) is 5.56 Å². The molecule has 1 amide bonds. The number of nitrogens with one attached hydrogen (secondary N) is 1. The van der Waals surface area contributed by atoms with Gasteiger partial charge in [-0.05, 0) is 13.0 Å². The lowest BCUT2D eigenvalue weighted by atomic mass is 10.1. The zero-order valence-electron chi connectivity index (χ0n) is 12.8. The van der Waals surface area contributed by atoms with Gasteiger partial charge in [-0.3, -0.25) is 9.20 Å². The molecular weight excluding hydrogens is 306 g/mol. The van der Waals surface area contributed by atoms with Crippen LogP contribution in [0, 0.1) is 6.92 Å². The first kappa shape index (κ1) is 14.1. The van der Waals surface area contributed by atoms with Gasteiger partial charge < -0.3 is 9.84 Å². The number of carbonyl (C=O) groups excluding carboxylic acids is 1. The summed E-state index contributed by atoms with van der Waals surface area (Å²) in [6, 6.07) is 11.1. The second-order valence-corrected chi connectivity index (χ2v) is 5.23. The average molecular weight is 319 g/mol. The van der Waals surface area contributed by atoms with E-state index in [9.17, 15) is 4.79 Å². The van der Waals surface area contributed by atoms with E-state index in [0.29, 0.717) is 28.6 Å². The third kappa shape index (κ3) is 2.41. The summed E-state index contributed by atoms with van der Waals surface area (Å²) < 4.78 is 6.98. The van der Waals surface area contributed by atoms with E-state index in [1.807, 2.05) is 30.3 Å². The molecule has 4 aromatic rings. The number of hydrogen-bond acceptors (Lipinski definition) is 5. The minimum absolute atomic E-state index is 0.323. The molecule has 0 aliphatic carbocycles. The van der Waals surface area contributed by atoms with Crippen LogP contribution in [-0.4, -0.2) is 25.4 Å². The summed E-state index contributed by atoms with van der Waals surface area (Å²) in [7, 11) is 0. The van der Waals surface area contributed by atoms with Crippen LogP contribution in [0.2, 0.25) is 0 Å². The summed E-state index contributed by atoms with van der Waals surface area (Å²) in [5, 5.41) is 6.79. The van der Waals surface area contributed by atoms with Gasteiger partial charge in [-0.2, -0.15) is 4.98 Å². The van der Waals surface area contributed by atoms with Crippen molar-refractivity contribution in [3.8, 4) is 11.3 Å². The van der Waals surface area contributed by atoms with Crippen LogP contribution in [0.15, 0.2) is 59.5 Å². The van der Waals surface area contributed by atoms with Gasteiger partial charge >= 0.3 is 0 Å². The molecule has 0 unspecified atom stereocenters. The Morgan fingerprint density at radius 1 is 1.17 bits per heavy atom. The highest BCUT2D eigenvalue weighted by Crippen LogP contribution is 2.25. The predicted octanol–water partition coefficient (Wildman–Crippen LogP) is 2.95. The van der Waals surface area contributed by atoms with Gasteiger partial charge in [-0.15, -0.1) is 0 Å². The maximum atomic E-state index is 12.7. The van der Waals surface area contributed by atoms with Crippen LogP contribution in [0.25, 0.3) is 17.0 Å². The molecule has 7 nitrogen and oxygen atoms in total. The van der Waals surface area contributed by atoms with Crippen molar-refractivity contribution in [3.05, 3.63) is 66.3 Å². The molecule has 0 atom stereocenters. The smallest absolute Gasteiger partial charge is 0.262 e. The first-order chi connectivity index (χ1) is 11.7. The molecule has 7 heteroatoms. The minimum atomic E-state index is -0.323.